The van der Waals surface area contributed by atoms with E-state index in [0.717, 1.165) is 27.1 Å². The zero-order chi connectivity index (χ0) is 20.4. The predicted octanol–water partition coefficient (Wildman–Crippen LogP) is 4.67. The van der Waals surface area contributed by atoms with E-state index >= 15 is 0 Å². The molecule has 0 atom stereocenters. The van der Waals surface area contributed by atoms with Gasteiger partial charge in [-0.3, -0.25) is 4.79 Å². The molecule has 0 bridgehead atoms. The number of aromatic nitrogens is 2. The lowest BCUT2D eigenvalue weighted by Crippen LogP contribution is -2.16. The van der Waals surface area contributed by atoms with Crippen LogP contribution in [0.5, 0.6) is 11.5 Å². The fourth-order valence-corrected chi connectivity index (χ4v) is 3.63. The van der Waals surface area contributed by atoms with Crippen molar-refractivity contribution in [3.05, 3.63) is 70.0 Å². The van der Waals surface area contributed by atoms with Crippen LogP contribution in [0.2, 0.25) is 0 Å². The largest absolute Gasteiger partial charge is 0.486 e. The highest BCUT2D eigenvalue weighted by molar-refractivity contribution is 9.10. The molecule has 0 fully saturated rings. The topological polar surface area (TPSA) is 65.4 Å². The van der Waals surface area contributed by atoms with E-state index in [1.807, 2.05) is 48.9 Å². The van der Waals surface area contributed by atoms with Gasteiger partial charge in [0.05, 0.1) is 17.1 Å². The van der Waals surface area contributed by atoms with E-state index in [4.69, 9.17) is 9.47 Å². The summed E-state index contributed by atoms with van der Waals surface area (Å²) in [6.45, 7) is 4.93. The van der Waals surface area contributed by atoms with Gasteiger partial charge in [0.15, 0.2) is 11.5 Å². The molecule has 2 heterocycles. The number of hydrogen-bond acceptors (Lipinski definition) is 4. The summed E-state index contributed by atoms with van der Waals surface area (Å²) in [5.41, 5.74) is 4.36. The lowest BCUT2D eigenvalue weighted by atomic mass is 10.2. The Bertz CT molecular complexity index is 1090. The van der Waals surface area contributed by atoms with Crippen molar-refractivity contribution in [2.45, 2.75) is 13.8 Å². The summed E-state index contributed by atoms with van der Waals surface area (Å²) in [7, 11) is 0. The number of ether oxygens (including phenoxy) is 2. The molecule has 1 aromatic heterocycles. The van der Waals surface area contributed by atoms with Crippen LogP contribution in [0.25, 0.3) is 11.8 Å². The Morgan fingerprint density at radius 2 is 1.83 bits per heavy atom. The van der Waals surface area contributed by atoms with Crippen LogP contribution in [0.4, 0.5) is 5.69 Å². The standard InChI is InChI=1S/C22H20BrN3O3/c1-14-17(15(2)26(25-14)16-6-4-3-5-7-16)8-9-22(27)24-19-13-21-20(12-18(19)23)28-10-11-29-21/h3-9,12-13H,10-11H2,1-2H3,(H,24,27)/b9-8+. The second-order valence-corrected chi connectivity index (χ2v) is 7.48. The Labute approximate surface area is 177 Å². The molecule has 0 aliphatic carbocycles. The van der Waals surface area contributed by atoms with Crippen molar-refractivity contribution in [3.63, 3.8) is 0 Å². The first-order chi connectivity index (χ1) is 14.0. The van der Waals surface area contributed by atoms with Gasteiger partial charge in [0.1, 0.15) is 13.2 Å². The van der Waals surface area contributed by atoms with Gasteiger partial charge in [-0.25, -0.2) is 4.68 Å². The van der Waals surface area contributed by atoms with Gasteiger partial charge in [0.25, 0.3) is 0 Å². The zero-order valence-electron chi connectivity index (χ0n) is 16.1. The fraction of sp³-hybridized carbons (Fsp3) is 0.182. The first-order valence-corrected chi connectivity index (χ1v) is 10.0. The van der Waals surface area contributed by atoms with E-state index in [0.29, 0.717) is 30.4 Å². The highest BCUT2D eigenvalue weighted by Gasteiger charge is 2.16. The monoisotopic (exact) mass is 453 g/mol. The van der Waals surface area contributed by atoms with Crippen molar-refractivity contribution in [1.29, 1.82) is 0 Å². The van der Waals surface area contributed by atoms with Crippen LogP contribution in [0.1, 0.15) is 17.0 Å². The maximum atomic E-state index is 12.5. The molecular formula is C22H20BrN3O3. The molecule has 1 N–H and O–H groups in total. The summed E-state index contributed by atoms with van der Waals surface area (Å²) in [5.74, 6) is 1.04. The average Bonchev–Trinajstić information content (AvgIpc) is 3.01. The minimum atomic E-state index is -0.242. The van der Waals surface area contributed by atoms with Crippen molar-refractivity contribution >= 4 is 33.6 Å². The van der Waals surface area contributed by atoms with Crippen LogP contribution >= 0.6 is 15.9 Å². The number of amides is 1. The van der Waals surface area contributed by atoms with E-state index in [9.17, 15) is 4.79 Å². The number of carbonyl (C=O) groups is 1. The lowest BCUT2D eigenvalue weighted by Gasteiger charge is -2.19. The Morgan fingerprint density at radius 3 is 2.55 bits per heavy atom. The Hall–Kier alpha value is -3.06. The van der Waals surface area contributed by atoms with Crippen molar-refractivity contribution in [3.8, 4) is 17.2 Å². The van der Waals surface area contributed by atoms with E-state index in [-0.39, 0.29) is 5.91 Å². The highest BCUT2D eigenvalue weighted by atomic mass is 79.9. The smallest absolute Gasteiger partial charge is 0.248 e. The van der Waals surface area contributed by atoms with E-state index < -0.39 is 0 Å². The summed E-state index contributed by atoms with van der Waals surface area (Å²) in [6, 6.07) is 13.5. The molecule has 0 saturated heterocycles. The molecule has 0 saturated carbocycles. The molecule has 6 nitrogen and oxygen atoms in total. The van der Waals surface area contributed by atoms with Gasteiger partial charge in [0.2, 0.25) is 5.91 Å². The molecule has 4 rings (SSSR count). The molecule has 1 amide bonds. The van der Waals surface area contributed by atoms with Crippen LogP contribution < -0.4 is 14.8 Å². The third kappa shape index (κ3) is 4.05. The molecule has 1 aliphatic rings. The minimum Gasteiger partial charge on any atom is -0.486 e. The number of hydrogen-bond donors (Lipinski definition) is 1. The SMILES string of the molecule is Cc1nn(-c2ccccc2)c(C)c1/C=C/C(=O)Nc1cc2c(cc1Br)OCCO2. The molecule has 148 valence electrons. The van der Waals surface area contributed by atoms with Gasteiger partial charge < -0.3 is 14.8 Å². The number of rotatable bonds is 4. The number of benzene rings is 2. The first-order valence-electron chi connectivity index (χ1n) is 9.23. The number of nitrogens with one attached hydrogen (secondary N) is 1. The summed E-state index contributed by atoms with van der Waals surface area (Å²) < 4.78 is 13.7. The fourth-order valence-electron chi connectivity index (χ4n) is 3.21. The highest BCUT2D eigenvalue weighted by Crippen LogP contribution is 2.38. The molecule has 29 heavy (non-hydrogen) atoms. The normalized spacial score (nSPS) is 12.9. The first kappa shape index (κ1) is 19.3. The molecule has 0 unspecified atom stereocenters. The molecular weight excluding hydrogens is 434 g/mol. The number of para-hydroxylation sites is 1. The quantitative estimate of drug-likeness (QED) is 0.582. The number of anilines is 1. The van der Waals surface area contributed by atoms with Crippen LogP contribution in [0.15, 0.2) is 53.0 Å². The third-order valence-corrected chi connectivity index (χ3v) is 5.30. The summed E-state index contributed by atoms with van der Waals surface area (Å²) in [6.07, 6.45) is 3.30. The Morgan fingerprint density at radius 1 is 1.14 bits per heavy atom. The molecule has 0 spiro atoms. The van der Waals surface area contributed by atoms with Crippen molar-refractivity contribution < 1.29 is 14.3 Å². The van der Waals surface area contributed by atoms with Gasteiger partial charge in [-0.2, -0.15) is 5.10 Å². The van der Waals surface area contributed by atoms with Crippen LogP contribution in [0, 0.1) is 13.8 Å². The molecule has 2 aromatic carbocycles. The van der Waals surface area contributed by atoms with Crippen molar-refractivity contribution in [2.24, 2.45) is 0 Å². The van der Waals surface area contributed by atoms with Crippen molar-refractivity contribution in [1.82, 2.24) is 9.78 Å². The Kier molecular flexibility index (Phi) is 5.40. The molecule has 7 heteroatoms. The zero-order valence-corrected chi connectivity index (χ0v) is 17.7. The summed E-state index contributed by atoms with van der Waals surface area (Å²) in [5, 5.41) is 7.47. The van der Waals surface area contributed by atoms with E-state index in [1.165, 1.54) is 6.08 Å². The number of aryl methyl sites for hydroxylation is 1. The van der Waals surface area contributed by atoms with Gasteiger partial charge in [-0.05, 0) is 48.0 Å². The molecule has 3 aromatic rings. The maximum absolute atomic E-state index is 12.5. The number of halogens is 1. The van der Waals surface area contributed by atoms with Gasteiger partial charge in [-0.1, -0.05) is 18.2 Å². The summed E-state index contributed by atoms with van der Waals surface area (Å²) in [4.78, 5) is 12.5. The van der Waals surface area contributed by atoms with E-state index in [1.54, 1.807) is 18.2 Å². The number of fused-ring (bicyclic) bond motifs is 1. The second-order valence-electron chi connectivity index (χ2n) is 6.63. The lowest BCUT2D eigenvalue weighted by molar-refractivity contribution is -0.111. The maximum Gasteiger partial charge on any atom is 0.248 e. The van der Waals surface area contributed by atoms with Crippen molar-refractivity contribution in [2.75, 3.05) is 18.5 Å². The summed E-state index contributed by atoms with van der Waals surface area (Å²) >= 11 is 3.46. The average molecular weight is 454 g/mol. The van der Waals surface area contributed by atoms with Gasteiger partial charge >= 0.3 is 0 Å². The van der Waals surface area contributed by atoms with Crippen LogP contribution in [-0.4, -0.2) is 28.9 Å². The molecule has 1 aliphatic heterocycles. The van der Waals surface area contributed by atoms with Gasteiger partial charge in [0, 0.05) is 33.9 Å². The van der Waals surface area contributed by atoms with E-state index in [2.05, 4.69) is 26.3 Å². The second kappa shape index (κ2) is 8.13. The minimum absolute atomic E-state index is 0.242. The van der Waals surface area contributed by atoms with Crippen LogP contribution in [0.3, 0.4) is 0 Å². The number of nitrogens with zero attached hydrogens (tertiary/aromatic N) is 2. The third-order valence-electron chi connectivity index (χ3n) is 4.64. The Balaban J connectivity index is 1.53. The van der Waals surface area contributed by atoms with Crippen LogP contribution in [-0.2, 0) is 4.79 Å². The van der Waals surface area contributed by atoms with Gasteiger partial charge in [-0.15, -0.1) is 0 Å². The number of carbonyl (C=O) groups excluding carboxylic acids is 1. The molecule has 0 radical (unpaired) electrons. The predicted molar refractivity (Wildman–Crippen MR) is 116 cm³/mol.